The number of amides is 1. The van der Waals surface area contributed by atoms with Crippen LogP contribution in [-0.2, 0) is 0 Å². The molecule has 1 saturated heterocycles. The van der Waals surface area contributed by atoms with E-state index in [1.807, 2.05) is 0 Å². The number of nitrogens with zero attached hydrogens (tertiary/aromatic N) is 2. The van der Waals surface area contributed by atoms with Crippen molar-refractivity contribution in [2.24, 2.45) is 0 Å². The van der Waals surface area contributed by atoms with Gasteiger partial charge in [-0.3, -0.25) is 4.79 Å². The van der Waals surface area contributed by atoms with E-state index in [0.717, 1.165) is 24.7 Å². The van der Waals surface area contributed by atoms with Crippen LogP contribution in [0.1, 0.15) is 29.8 Å². The zero-order valence-corrected chi connectivity index (χ0v) is 9.22. The third-order valence-electron chi connectivity index (χ3n) is 2.53. The summed E-state index contributed by atoms with van der Waals surface area (Å²) in [5.41, 5.74) is 0.416. The third-order valence-corrected chi connectivity index (χ3v) is 3.01. The van der Waals surface area contributed by atoms with Crippen molar-refractivity contribution in [3.8, 4) is 0 Å². The Morgan fingerprint density at radius 3 is 3.33 bits per heavy atom. The fraction of sp³-hybridized carbons (Fsp3) is 0.667. The predicted octanol–water partition coefficient (Wildman–Crippen LogP) is 0.410. The van der Waals surface area contributed by atoms with Gasteiger partial charge in [0.2, 0.25) is 0 Å². The van der Waals surface area contributed by atoms with E-state index in [1.54, 1.807) is 0 Å². The molecule has 2 heterocycles. The highest BCUT2D eigenvalue weighted by Crippen LogP contribution is 2.07. The van der Waals surface area contributed by atoms with Gasteiger partial charge in [-0.25, -0.2) is 0 Å². The number of aromatic nitrogens is 2. The number of nitrogens with one attached hydrogen (secondary N) is 2. The summed E-state index contributed by atoms with van der Waals surface area (Å²) >= 11 is 1.05. The highest BCUT2D eigenvalue weighted by molar-refractivity contribution is 6.99. The SMILES string of the molecule is O=C(NCCC1CCCN1)c1cnsn1. The van der Waals surface area contributed by atoms with Crippen LogP contribution in [-0.4, -0.2) is 33.8 Å². The molecule has 1 aromatic heterocycles. The minimum Gasteiger partial charge on any atom is -0.351 e. The fourth-order valence-corrected chi connectivity index (χ4v) is 2.13. The molecule has 2 rings (SSSR count). The first kappa shape index (κ1) is 10.5. The van der Waals surface area contributed by atoms with Crippen LogP contribution in [0.15, 0.2) is 6.20 Å². The van der Waals surface area contributed by atoms with Crippen LogP contribution < -0.4 is 10.6 Å². The maximum atomic E-state index is 11.5. The van der Waals surface area contributed by atoms with Gasteiger partial charge in [-0.1, -0.05) is 0 Å². The zero-order chi connectivity index (χ0) is 10.5. The summed E-state index contributed by atoms with van der Waals surface area (Å²) in [6, 6.07) is 0.568. The van der Waals surface area contributed by atoms with Gasteiger partial charge >= 0.3 is 0 Å². The smallest absolute Gasteiger partial charge is 0.272 e. The minimum absolute atomic E-state index is 0.123. The first-order valence-electron chi connectivity index (χ1n) is 5.15. The van der Waals surface area contributed by atoms with E-state index in [1.165, 1.54) is 19.0 Å². The minimum atomic E-state index is -0.123. The number of carbonyl (C=O) groups excluding carboxylic acids is 1. The van der Waals surface area contributed by atoms with Crippen LogP contribution in [0.4, 0.5) is 0 Å². The maximum Gasteiger partial charge on any atom is 0.272 e. The lowest BCUT2D eigenvalue weighted by Crippen LogP contribution is -2.30. The molecule has 0 bridgehead atoms. The predicted molar refractivity (Wildman–Crippen MR) is 57.9 cm³/mol. The van der Waals surface area contributed by atoms with Crippen molar-refractivity contribution in [1.29, 1.82) is 0 Å². The van der Waals surface area contributed by atoms with Crippen molar-refractivity contribution in [2.75, 3.05) is 13.1 Å². The first-order chi connectivity index (χ1) is 7.36. The molecule has 0 aromatic carbocycles. The lowest BCUT2D eigenvalue weighted by Gasteiger charge is -2.09. The highest BCUT2D eigenvalue weighted by Gasteiger charge is 2.14. The van der Waals surface area contributed by atoms with Crippen LogP contribution in [0, 0.1) is 0 Å². The second-order valence-corrected chi connectivity index (χ2v) is 4.19. The van der Waals surface area contributed by atoms with E-state index in [0.29, 0.717) is 18.3 Å². The van der Waals surface area contributed by atoms with Gasteiger partial charge in [0.25, 0.3) is 5.91 Å². The van der Waals surface area contributed by atoms with Crippen molar-refractivity contribution >= 4 is 17.6 Å². The number of hydrogen-bond acceptors (Lipinski definition) is 5. The second kappa shape index (κ2) is 5.18. The number of rotatable bonds is 4. The van der Waals surface area contributed by atoms with Gasteiger partial charge in [-0.15, -0.1) is 0 Å². The van der Waals surface area contributed by atoms with Crippen LogP contribution in [0.5, 0.6) is 0 Å². The normalized spacial score (nSPS) is 20.4. The van der Waals surface area contributed by atoms with Gasteiger partial charge in [0, 0.05) is 12.6 Å². The molecule has 1 unspecified atom stereocenters. The molecule has 1 aliphatic heterocycles. The van der Waals surface area contributed by atoms with E-state index >= 15 is 0 Å². The summed E-state index contributed by atoms with van der Waals surface area (Å²) in [7, 11) is 0. The summed E-state index contributed by atoms with van der Waals surface area (Å²) in [5, 5.41) is 6.23. The molecule has 1 fully saturated rings. The number of hydrogen-bond donors (Lipinski definition) is 2. The largest absolute Gasteiger partial charge is 0.351 e. The molecular weight excluding hydrogens is 212 g/mol. The average Bonchev–Trinajstić information content (AvgIpc) is 2.90. The summed E-state index contributed by atoms with van der Waals surface area (Å²) in [4.78, 5) is 11.5. The van der Waals surface area contributed by atoms with Gasteiger partial charge in [0.15, 0.2) is 5.69 Å². The standard InChI is InChI=1S/C9H14N4OS/c14-9(8-6-12-15-13-8)11-5-3-7-2-1-4-10-7/h6-7,10H,1-5H2,(H,11,14). The Labute approximate surface area is 92.6 Å². The van der Waals surface area contributed by atoms with Crippen LogP contribution in [0.2, 0.25) is 0 Å². The topological polar surface area (TPSA) is 66.9 Å². The molecule has 5 nitrogen and oxygen atoms in total. The Morgan fingerprint density at radius 1 is 1.73 bits per heavy atom. The Morgan fingerprint density at radius 2 is 2.67 bits per heavy atom. The summed E-state index contributed by atoms with van der Waals surface area (Å²) in [6.45, 7) is 1.81. The molecule has 1 amide bonds. The van der Waals surface area contributed by atoms with E-state index in [9.17, 15) is 4.79 Å². The molecule has 82 valence electrons. The zero-order valence-electron chi connectivity index (χ0n) is 8.40. The van der Waals surface area contributed by atoms with Gasteiger partial charge in [-0.05, 0) is 25.8 Å². The quantitative estimate of drug-likeness (QED) is 0.780. The van der Waals surface area contributed by atoms with Gasteiger partial charge in [0.05, 0.1) is 17.9 Å². The Balaban J connectivity index is 1.67. The van der Waals surface area contributed by atoms with Crippen molar-refractivity contribution in [3.05, 3.63) is 11.9 Å². The molecule has 1 aliphatic rings. The van der Waals surface area contributed by atoms with Crippen molar-refractivity contribution in [2.45, 2.75) is 25.3 Å². The van der Waals surface area contributed by atoms with E-state index in [2.05, 4.69) is 19.4 Å². The molecule has 0 spiro atoms. The molecule has 1 atom stereocenters. The summed E-state index contributed by atoms with van der Waals surface area (Å²) in [6.07, 6.45) is 4.94. The van der Waals surface area contributed by atoms with Crippen molar-refractivity contribution < 1.29 is 4.79 Å². The van der Waals surface area contributed by atoms with Gasteiger partial charge in [0.1, 0.15) is 0 Å². The van der Waals surface area contributed by atoms with Crippen molar-refractivity contribution in [1.82, 2.24) is 19.4 Å². The third kappa shape index (κ3) is 2.97. The molecule has 15 heavy (non-hydrogen) atoms. The molecule has 0 saturated carbocycles. The highest BCUT2D eigenvalue weighted by atomic mass is 32.1. The van der Waals surface area contributed by atoms with E-state index in [4.69, 9.17) is 0 Å². The lowest BCUT2D eigenvalue weighted by atomic mass is 10.1. The molecular formula is C9H14N4OS. The Hall–Kier alpha value is -1.01. The summed E-state index contributed by atoms with van der Waals surface area (Å²) in [5.74, 6) is -0.123. The Bertz CT molecular complexity index is 308. The monoisotopic (exact) mass is 226 g/mol. The molecule has 6 heteroatoms. The van der Waals surface area contributed by atoms with Gasteiger partial charge < -0.3 is 10.6 Å². The molecule has 0 aliphatic carbocycles. The van der Waals surface area contributed by atoms with Crippen molar-refractivity contribution in [3.63, 3.8) is 0 Å². The lowest BCUT2D eigenvalue weighted by molar-refractivity contribution is 0.0948. The molecule has 0 radical (unpaired) electrons. The first-order valence-corrected chi connectivity index (χ1v) is 5.88. The maximum absolute atomic E-state index is 11.5. The summed E-state index contributed by atoms with van der Waals surface area (Å²) < 4.78 is 7.66. The van der Waals surface area contributed by atoms with E-state index in [-0.39, 0.29) is 5.91 Å². The Kier molecular flexibility index (Phi) is 3.63. The number of carbonyl (C=O) groups is 1. The van der Waals surface area contributed by atoms with Crippen LogP contribution >= 0.6 is 11.7 Å². The van der Waals surface area contributed by atoms with Crippen LogP contribution in [0.25, 0.3) is 0 Å². The fourth-order valence-electron chi connectivity index (χ4n) is 1.72. The second-order valence-electron chi connectivity index (χ2n) is 3.63. The van der Waals surface area contributed by atoms with Gasteiger partial charge in [-0.2, -0.15) is 8.75 Å². The average molecular weight is 226 g/mol. The van der Waals surface area contributed by atoms with E-state index < -0.39 is 0 Å². The molecule has 2 N–H and O–H groups in total. The van der Waals surface area contributed by atoms with Crippen LogP contribution in [0.3, 0.4) is 0 Å². The molecule has 1 aromatic rings.